The van der Waals surface area contributed by atoms with Gasteiger partial charge >= 0.3 is 0 Å². The van der Waals surface area contributed by atoms with Gasteiger partial charge in [-0.3, -0.25) is 9.69 Å². The molecule has 4 aromatic rings. The second-order valence-corrected chi connectivity index (χ2v) is 7.44. The summed E-state index contributed by atoms with van der Waals surface area (Å²) in [5, 5.41) is 0.704. The summed E-state index contributed by atoms with van der Waals surface area (Å²) in [4.78, 5) is 19.2. The molecule has 4 rings (SSSR count). The molecule has 0 unspecified atom stereocenters. The molecule has 0 spiro atoms. The second-order valence-electron chi connectivity index (χ2n) is 7.00. The monoisotopic (exact) mass is 428 g/mol. The van der Waals surface area contributed by atoms with Gasteiger partial charge in [0.25, 0.3) is 5.91 Å². The molecule has 3 aromatic carbocycles. The normalized spacial score (nSPS) is 10.5. The molecule has 0 aliphatic rings. The van der Waals surface area contributed by atoms with Crippen molar-refractivity contribution in [3.63, 3.8) is 0 Å². The molecule has 0 aliphatic heterocycles. The Hall–Kier alpha value is -3.63. The van der Waals surface area contributed by atoms with Crippen molar-refractivity contribution < 1.29 is 9.53 Å². The maximum Gasteiger partial charge on any atom is 0.259 e. The molecule has 1 aromatic heterocycles. The van der Waals surface area contributed by atoms with E-state index in [9.17, 15) is 4.79 Å². The molecule has 1 heterocycles. The van der Waals surface area contributed by atoms with Crippen molar-refractivity contribution in [3.8, 4) is 5.75 Å². The SMILES string of the molecule is O=C(c1ccccc1)N(Cc1ccc(OCc2ccc(Cl)cc2)cc1)c1ccccn1. The summed E-state index contributed by atoms with van der Waals surface area (Å²) in [6.45, 7) is 0.866. The van der Waals surface area contributed by atoms with Gasteiger partial charge in [-0.2, -0.15) is 0 Å². The summed E-state index contributed by atoms with van der Waals surface area (Å²) in [7, 11) is 0. The van der Waals surface area contributed by atoms with Gasteiger partial charge in [-0.25, -0.2) is 4.98 Å². The number of rotatable bonds is 7. The Labute approximate surface area is 186 Å². The van der Waals surface area contributed by atoms with Gasteiger partial charge in [0, 0.05) is 16.8 Å². The Balaban J connectivity index is 1.48. The highest BCUT2D eigenvalue weighted by atomic mass is 35.5. The highest BCUT2D eigenvalue weighted by molar-refractivity contribution is 6.30. The fourth-order valence-electron chi connectivity index (χ4n) is 3.13. The first-order valence-electron chi connectivity index (χ1n) is 9.93. The maximum atomic E-state index is 13.2. The van der Waals surface area contributed by atoms with Crippen LogP contribution in [0.5, 0.6) is 5.75 Å². The number of benzene rings is 3. The number of aromatic nitrogens is 1. The minimum absolute atomic E-state index is 0.0950. The minimum Gasteiger partial charge on any atom is -0.489 e. The standard InChI is InChI=1S/C26H21ClN2O2/c27-23-13-9-21(10-14-23)19-31-24-15-11-20(12-16-24)18-29(25-8-4-5-17-28-25)26(30)22-6-2-1-3-7-22/h1-17H,18-19H2. The zero-order valence-electron chi connectivity index (χ0n) is 16.8. The van der Waals surface area contributed by atoms with Crippen LogP contribution in [0.4, 0.5) is 5.82 Å². The lowest BCUT2D eigenvalue weighted by atomic mass is 10.1. The lowest BCUT2D eigenvalue weighted by Crippen LogP contribution is -2.31. The van der Waals surface area contributed by atoms with Crippen LogP contribution < -0.4 is 9.64 Å². The van der Waals surface area contributed by atoms with E-state index in [1.54, 1.807) is 11.1 Å². The summed E-state index contributed by atoms with van der Waals surface area (Å²) < 4.78 is 5.86. The number of halogens is 1. The smallest absolute Gasteiger partial charge is 0.259 e. The average Bonchev–Trinajstić information content (AvgIpc) is 2.83. The number of ether oxygens (including phenoxy) is 1. The number of amides is 1. The average molecular weight is 429 g/mol. The molecule has 154 valence electrons. The number of carbonyl (C=O) groups excluding carboxylic acids is 1. The van der Waals surface area contributed by atoms with Gasteiger partial charge in [-0.1, -0.05) is 60.1 Å². The quantitative estimate of drug-likeness (QED) is 0.354. The molecule has 5 heteroatoms. The van der Waals surface area contributed by atoms with E-state index in [0.717, 1.165) is 16.9 Å². The minimum atomic E-state index is -0.0950. The molecule has 1 amide bonds. The Bertz CT molecular complexity index is 1120. The Morgan fingerprint density at radius 1 is 0.806 bits per heavy atom. The van der Waals surface area contributed by atoms with Crippen LogP contribution in [0, 0.1) is 0 Å². The molecule has 0 saturated carbocycles. The van der Waals surface area contributed by atoms with Crippen molar-refractivity contribution in [3.05, 3.63) is 125 Å². The first-order valence-corrected chi connectivity index (χ1v) is 10.3. The number of pyridine rings is 1. The summed E-state index contributed by atoms with van der Waals surface area (Å²) >= 11 is 5.92. The van der Waals surface area contributed by atoms with Crippen LogP contribution in [0.1, 0.15) is 21.5 Å². The molecule has 0 N–H and O–H groups in total. The second kappa shape index (κ2) is 9.92. The third-order valence-electron chi connectivity index (χ3n) is 4.77. The van der Waals surface area contributed by atoms with Crippen molar-refractivity contribution in [1.82, 2.24) is 4.98 Å². The summed E-state index contributed by atoms with van der Waals surface area (Å²) in [6.07, 6.45) is 1.69. The van der Waals surface area contributed by atoms with Crippen LogP contribution in [0.2, 0.25) is 5.02 Å². The third-order valence-corrected chi connectivity index (χ3v) is 5.03. The zero-order valence-corrected chi connectivity index (χ0v) is 17.6. The number of hydrogen-bond donors (Lipinski definition) is 0. The van der Waals surface area contributed by atoms with E-state index < -0.39 is 0 Å². The molecular formula is C26H21ClN2O2. The number of nitrogens with zero attached hydrogens (tertiary/aromatic N) is 2. The number of carbonyl (C=O) groups is 1. The fraction of sp³-hybridized carbons (Fsp3) is 0.0769. The van der Waals surface area contributed by atoms with Crippen molar-refractivity contribution in [2.45, 2.75) is 13.2 Å². The van der Waals surface area contributed by atoms with Gasteiger partial charge in [0.05, 0.1) is 6.54 Å². The molecule has 0 saturated heterocycles. The van der Waals surface area contributed by atoms with Gasteiger partial charge in [0.1, 0.15) is 18.2 Å². The molecule has 0 aliphatic carbocycles. The van der Waals surface area contributed by atoms with Crippen molar-refractivity contribution >= 4 is 23.3 Å². The van der Waals surface area contributed by atoms with Crippen molar-refractivity contribution in [2.24, 2.45) is 0 Å². The van der Waals surface area contributed by atoms with E-state index in [0.29, 0.717) is 29.6 Å². The van der Waals surface area contributed by atoms with Crippen molar-refractivity contribution in [2.75, 3.05) is 4.90 Å². The largest absolute Gasteiger partial charge is 0.489 e. The van der Waals surface area contributed by atoms with E-state index in [1.807, 2.05) is 97.1 Å². The molecule has 31 heavy (non-hydrogen) atoms. The molecule has 0 atom stereocenters. The van der Waals surface area contributed by atoms with Crippen LogP contribution in [0.15, 0.2) is 103 Å². The Morgan fingerprint density at radius 3 is 2.16 bits per heavy atom. The van der Waals surface area contributed by atoms with Gasteiger partial charge in [-0.15, -0.1) is 0 Å². The van der Waals surface area contributed by atoms with E-state index in [1.165, 1.54) is 0 Å². The molecule has 4 nitrogen and oxygen atoms in total. The zero-order chi connectivity index (χ0) is 21.5. The highest BCUT2D eigenvalue weighted by Gasteiger charge is 2.19. The first-order chi connectivity index (χ1) is 15.2. The number of anilines is 1. The topological polar surface area (TPSA) is 42.4 Å². The summed E-state index contributed by atoms with van der Waals surface area (Å²) in [5.41, 5.74) is 2.65. The molecule has 0 bridgehead atoms. The lowest BCUT2D eigenvalue weighted by molar-refractivity contribution is 0.0984. The van der Waals surface area contributed by atoms with Crippen molar-refractivity contribution in [1.29, 1.82) is 0 Å². The van der Waals surface area contributed by atoms with E-state index in [4.69, 9.17) is 16.3 Å². The highest BCUT2D eigenvalue weighted by Crippen LogP contribution is 2.20. The van der Waals surface area contributed by atoms with Crippen LogP contribution in [-0.4, -0.2) is 10.9 Å². The van der Waals surface area contributed by atoms with Gasteiger partial charge in [0.15, 0.2) is 0 Å². The Kier molecular flexibility index (Phi) is 6.60. The van der Waals surface area contributed by atoms with Gasteiger partial charge < -0.3 is 4.74 Å². The summed E-state index contributed by atoms with van der Waals surface area (Å²) in [6, 6.07) is 30.1. The lowest BCUT2D eigenvalue weighted by Gasteiger charge is -2.22. The molecule has 0 fully saturated rings. The van der Waals surface area contributed by atoms with Crippen LogP contribution in [-0.2, 0) is 13.2 Å². The summed E-state index contributed by atoms with van der Waals surface area (Å²) in [5.74, 6) is 1.28. The fourth-order valence-corrected chi connectivity index (χ4v) is 3.25. The maximum absolute atomic E-state index is 13.2. The van der Waals surface area contributed by atoms with Gasteiger partial charge in [0.2, 0.25) is 0 Å². The number of hydrogen-bond acceptors (Lipinski definition) is 3. The first kappa shape index (κ1) is 20.6. The van der Waals surface area contributed by atoms with E-state index >= 15 is 0 Å². The van der Waals surface area contributed by atoms with E-state index in [-0.39, 0.29) is 5.91 Å². The van der Waals surface area contributed by atoms with Gasteiger partial charge in [-0.05, 0) is 59.7 Å². The van der Waals surface area contributed by atoms with E-state index in [2.05, 4.69) is 4.98 Å². The van der Waals surface area contributed by atoms with Crippen LogP contribution >= 0.6 is 11.6 Å². The molecule has 0 radical (unpaired) electrons. The predicted molar refractivity (Wildman–Crippen MR) is 123 cm³/mol. The van der Waals surface area contributed by atoms with Crippen LogP contribution in [0.25, 0.3) is 0 Å². The van der Waals surface area contributed by atoms with Crippen LogP contribution in [0.3, 0.4) is 0 Å². The third kappa shape index (κ3) is 5.50. The predicted octanol–water partition coefficient (Wildman–Crippen LogP) is 6.16. The molecular weight excluding hydrogens is 408 g/mol. The Morgan fingerprint density at radius 2 is 1.48 bits per heavy atom.